The van der Waals surface area contributed by atoms with Gasteiger partial charge in [0, 0.05) is 35.1 Å². The summed E-state index contributed by atoms with van der Waals surface area (Å²) in [5.41, 5.74) is 3.53. The Hall–Kier alpha value is -3.58. The summed E-state index contributed by atoms with van der Waals surface area (Å²) >= 11 is 6.50. The first-order valence-electron chi connectivity index (χ1n) is 10.6. The van der Waals surface area contributed by atoms with Crippen LogP contribution in [0.4, 0.5) is 11.4 Å². The van der Waals surface area contributed by atoms with Crippen LogP contribution in [-0.4, -0.2) is 25.9 Å². The lowest BCUT2D eigenvalue weighted by Crippen LogP contribution is -2.20. The molecule has 3 aromatic carbocycles. The third-order valence-electron chi connectivity index (χ3n) is 4.96. The number of ether oxygens (including phenoxy) is 4. The van der Waals surface area contributed by atoms with Gasteiger partial charge in [0.1, 0.15) is 0 Å². The second-order valence-corrected chi connectivity index (χ2v) is 7.86. The maximum absolute atomic E-state index is 12.3. The number of carbonyl (C=O) groups excluding carboxylic acids is 1. The maximum Gasteiger partial charge on any atom is 0.262 e. The summed E-state index contributed by atoms with van der Waals surface area (Å²) in [6, 6.07) is 16.7. The molecular weight excluding hydrogens is 444 g/mol. The van der Waals surface area contributed by atoms with Gasteiger partial charge in [-0.1, -0.05) is 29.3 Å². The Bertz CT molecular complexity index is 1130. The van der Waals surface area contributed by atoms with E-state index in [1.165, 1.54) is 0 Å². The Kier molecular flexibility index (Phi) is 7.10. The minimum Gasteiger partial charge on any atom is -0.490 e. The van der Waals surface area contributed by atoms with Crippen LogP contribution in [0.3, 0.4) is 0 Å². The Morgan fingerprint density at radius 2 is 1.70 bits per heavy atom. The molecule has 1 aliphatic rings. The first-order valence-corrected chi connectivity index (χ1v) is 11.0. The number of carbonyl (C=O) groups is 1. The third-order valence-corrected chi connectivity index (χ3v) is 5.31. The van der Waals surface area contributed by atoms with Crippen LogP contribution in [0.15, 0.2) is 54.6 Å². The van der Waals surface area contributed by atoms with E-state index in [2.05, 4.69) is 10.6 Å². The summed E-state index contributed by atoms with van der Waals surface area (Å²) in [5, 5.41) is 6.63. The molecule has 0 aromatic heterocycles. The number of benzene rings is 3. The average Bonchev–Trinajstić information content (AvgIpc) is 3.28. The summed E-state index contributed by atoms with van der Waals surface area (Å²) in [6.07, 6.45) is 0. The molecule has 1 amide bonds. The minimum absolute atomic E-state index is 0.168. The van der Waals surface area contributed by atoms with Crippen molar-refractivity contribution in [2.45, 2.75) is 20.4 Å². The van der Waals surface area contributed by atoms with Gasteiger partial charge in [0.15, 0.2) is 29.6 Å². The number of anilines is 2. The molecule has 172 valence electrons. The zero-order chi connectivity index (χ0) is 23.2. The standard InChI is InChI=1S/C25H25ClN2O5/c1-3-30-22-10-17(13-27-19-8-9-21-23(11-19)33-15-32-21)20(26)12-24(22)31-14-25(29)28-18-6-4-16(2)5-7-18/h4-12,27H,3,13-15H2,1-2H3,(H,28,29). The van der Waals surface area contributed by atoms with E-state index in [0.29, 0.717) is 41.1 Å². The molecule has 0 radical (unpaired) electrons. The third kappa shape index (κ3) is 5.81. The van der Waals surface area contributed by atoms with Crippen molar-refractivity contribution in [1.29, 1.82) is 0 Å². The highest BCUT2D eigenvalue weighted by Crippen LogP contribution is 2.36. The summed E-state index contributed by atoms with van der Waals surface area (Å²) in [7, 11) is 0. The predicted octanol–water partition coefficient (Wildman–Crippen LogP) is 5.41. The highest BCUT2D eigenvalue weighted by Gasteiger charge is 2.15. The van der Waals surface area contributed by atoms with Gasteiger partial charge in [-0.25, -0.2) is 0 Å². The zero-order valence-corrected chi connectivity index (χ0v) is 19.2. The van der Waals surface area contributed by atoms with Crippen molar-refractivity contribution in [2.24, 2.45) is 0 Å². The number of amides is 1. The van der Waals surface area contributed by atoms with E-state index in [4.69, 9.17) is 30.5 Å². The van der Waals surface area contributed by atoms with Gasteiger partial charge >= 0.3 is 0 Å². The fraction of sp³-hybridized carbons (Fsp3) is 0.240. The van der Waals surface area contributed by atoms with Crippen molar-refractivity contribution in [3.05, 3.63) is 70.7 Å². The van der Waals surface area contributed by atoms with E-state index in [1.807, 2.05) is 62.4 Å². The maximum atomic E-state index is 12.3. The van der Waals surface area contributed by atoms with Gasteiger partial charge in [-0.15, -0.1) is 0 Å². The summed E-state index contributed by atoms with van der Waals surface area (Å²) in [5.74, 6) is 2.09. The predicted molar refractivity (Wildman–Crippen MR) is 128 cm³/mol. The monoisotopic (exact) mass is 468 g/mol. The van der Waals surface area contributed by atoms with Gasteiger partial charge in [0.25, 0.3) is 5.91 Å². The molecule has 8 heteroatoms. The molecule has 4 rings (SSSR count). The topological polar surface area (TPSA) is 78.1 Å². The Morgan fingerprint density at radius 1 is 0.970 bits per heavy atom. The summed E-state index contributed by atoms with van der Waals surface area (Å²) in [6.45, 7) is 4.84. The molecule has 0 saturated heterocycles. The second-order valence-electron chi connectivity index (χ2n) is 7.45. The van der Waals surface area contributed by atoms with E-state index in [0.717, 1.165) is 22.6 Å². The van der Waals surface area contributed by atoms with Crippen LogP contribution in [0, 0.1) is 6.92 Å². The Balaban J connectivity index is 1.40. The van der Waals surface area contributed by atoms with E-state index in [1.54, 1.807) is 6.07 Å². The van der Waals surface area contributed by atoms with Gasteiger partial charge in [-0.2, -0.15) is 0 Å². The van der Waals surface area contributed by atoms with Crippen molar-refractivity contribution in [2.75, 3.05) is 30.6 Å². The van der Waals surface area contributed by atoms with Crippen molar-refractivity contribution in [1.82, 2.24) is 0 Å². The number of rotatable bonds is 9. The van der Waals surface area contributed by atoms with Gasteiger partial charge < -0.3 is 29.6 Å². The molecule has 0 bridgehead atoms. The SMILES string of the molecule is CCOc1cc(CNc2ccc3c(c2)OCO3)c(Cl)cc1OCC(=O)Nc1ccc(C)cc1. The van der Waals surface area contributed by atoms with Crippen LogP contribution >= 0.6 is 11.6 Å². The number of halogens is 1. The largest absolute Gasteiger partial charge is 0.490 e. The molecular formula is C25H25ClN2O5. The second kappa shape index (κ2) is 10.4. The highest BCUT2D eigenvalue weighted by atomic mass is 35.5. The molecule has 0 atom stereocenters. The smallest absolute Gasteiger partial charge is 0.262 e. The van der Waals surface area contributed by atoms with Crippen molar-refractivity contribution >= 4 is 28.9 Å². The van der Waals surface area contributed by atoms with Crippen LogP contribution in [0.5, 0.6) is 23.0 Å². The molecule has 33 heavy (non-hydrogen) atoms. The van der Waals surface area contributed by atoms with Crippen LogP contribution in [0.25, 0.3) is 0 Å². The summed E-state index contributed by atoms with van der Waals surface area (Å²) < 4.78 is 22.2. The highest BCUT2D eigenvalue weighted by molar-refractivity contribution is 6.31. The number of hydrogen-bond acceptors (Lipinski definition) is 6. The van der Waals surface area contributed by atoms with Crippen LogP contribution in [0.2, 0.25) is 5.02 Å². The van der Waals surface area contributed by atoms with Gasteiger partial charge in [-0.05, 0) is 49.7 Å². The van der Waals surface area contributed by atoms with Gasteiger partial charge in [-0.3, -0.25) is 4.79 Å². The normalized spacial score (nSPS) is 11.7. The average molecular weight is 469 g/mol. The molecule has 7 nitrogen and oxygen atoms in total. The number of nitrogens with one attached hydrogen (secondary N) is 2. The summed E-state index contributed by atoms with van der Waals surface area (Å²) in [4.78, 5) is 12.3. The molecule has 0 unspecified atom stereocenters. The fourth-order valence-corrected chi connectivity index (χ4v) is 3.50. The lowest BCUT2D eigenvalue weighted by Gasteiger charge is -2.16. The van der Waals surface area contributed by atoms with E-state index in [-0.39, 0.29) is 19.3 Å². The Morgan fingerprint density at radius 3 is 2.48 bits per heavy atom. The van der Waals surface area contributed by atoms with E-state index >= 15 is 0 Å². The quantitative estimate of drug-likeness (QED) is 0.437. The molecule has 0 fully saturated rings. The first-order chi connectivity index (χ1) is 16.0. The lowest BCUT2D eigenvalue weighted by atomic mass is 10.2. The minimum atomic E-state index is -0.272. The van der Waals surface area contributed by atoms with Gasteiger partial charge in [0.2, 0.25) is 6.79 Å². The van der Waals surface area contributed by atoms with Crippen molar-refractivity contribution in [3.8, 4) is 23.0 Å². The number of hydrogen-bond donors (Lipinski definition) is 2. The molecule has 3 aromatic rings. The first kappa shape index (κ1) is 22.6. The number of fused-ring (bicyclic) bond motifs is 1. The fourth-order valence-electron chi connectivity index (χ4n) is 3.27. The lowest BCUT2D eigenvalue weighted by molar-refractivity contribution is -0.118. The van der Waals surface area contributed by atoms with Crippen LogP contribution in [-0.2, 0) is 11.3 Å². The molecule has 0 saturated carbocycles. The van der Waals surface area contributed by atoms with Crippen LogP contribution in [0.1, 0.15) is 18.1 Å². The van der Waals surface area contributed by atoms with Crippen molar-refractivity contribution in [3.63, 3.8) is 0 Å². The zero-order valence-electron chi connectivity index (χ0n) is 18.4. The molecule has 0 spiro atoms. The Labute approximate surface area is 197 Å². The number of aryl methyl sites for hydroxylation is 1. The van der Waals surface area contributed by atoms with Crippen LogP contribution < -0.4 is 29.6 Å². The van der Waals surface area contributed by atoms with E-state index < -0.39 is 0 Å². The molecule has 1 aliphatic heterocycles. The molecule has 2 N–H and O–H groups in total. The van der Waals surface area contributed by atoms with E-state index in [9.17, 15) is 4.79 Å². The van der Waals surface area contributed by atoms with Crippen molar-refractivity contribution < 1.29 is 23.7 Å². The molecule has 0 aliphatic carbocycles. The molecule has 1 heterocycles. The van der Waals surface area contributed by atoms with Gasteiger partial charge in [0.05, 0.1) is 6.61 Å².